The molecule has 0 aliphatic rings. The number of hydrogen-bond acceptors (Lipinski definition) is 7. The second-order valence-electron chi connectivity index (χ2n) is 3.23. The van der Waals surface area contributed by atoms with Gasteiger partial charge in [0.05, 0.1) is 13.2 Å². The minimum Gasteiger partial charge on any atom is -0.478 e. The van der Waals surface area contributed by atoms with Crippen LogP contribution in [-0.4, -0.2) is 26.7 Å². The van der Waals surface area contributed by atoms with Crippen LogP contribution in [0.1, 0.15) is 18.6 Å². The van der Waals surface area contributed by atoms with E-state index in [0.29, 0.717) is 36.7 Å². The maximum absolute atomic E-state index is 5.26. The van der Waals surface area contributed by atoms with E-state index in [1.165, 1.54) is 0 Å². The summed E-state index contributed by atoms with van der Waals surface area (Å²) in [5, 5.41) is 6.74. The standard InChI is InChI=1S/C10H13N5O2/c1-3-16-9-4-5-11-10(14-9)12-6-8-13-7(2)17-15-8/h4-5H,3,6H2,1-2H3,(H,11,12,14). The lowest BCUT2D eigenvalue weighted by Crippen LogP contribution is -2.06. The van der Waals surface area contributed by atoms with Gasteiger partial charge in [0, 0.05) is 19.2 Å². The minimum atomic E-state index is 0.410. The van der Waals surface area contributed by atoms with Gasteiger partial charge in [0.2, 0.25) is 17.7 Å². The molecule has 0 fully saturated rings. The van der Waals surface area contributed by atoms with Crippen LogP contribution in [0.3, 0.4) is 0 Å². The van der Waals surface area contributed by atoms with E-state index >= 15 is 0 Å². The first-order chi connectivity index (χ1) is 8.28. The van der Waals surface area contributed by atoms with Gasteiger partial charge in [-0.25, -0.2) is 4.98 Å². The lowest BCUT2D eigenvalue weighted by molar-refractivity contribution is 0.326. The monoisotopic (exact) mass is 235 g/mol. The van der Waals surface area contributed by atoms with Gasteiger partial charge in [-0.3, -0.25) is 0 Å². The average molecular weight is 235 g/mol. The fraction of sp³-hybridized carbons (Fsp3) is 0.400. The van der Waals surface area contributed by atoms with Gasteiger partial charge in [0.1, 0.15) is 0 Å². The van der Waals surface area contributed by atoms with E-state index in [0.717, 1.165) is 0 Å². The second-order valence-corrected chi connectivity index (χ2v) is 3.23. The van der Waals surface area contributed by atoms with Crippen LogP contribution < -0.4 is 10.1 Å². The Morgan fingerprint density at radius 2 is 2.29 bits per heavy atom. The lowest BCUT2D eigenvalue weighted by Gasteiger charge is -2.04. The van der Waals surface area contributed by atoms with Crippen LogP contribution in [0.5, 0.6) is 5.88 Å². The Morgan fingerprint density at radius 1 is 1.41 bits per heavy atom. The lowest BCUT2D eigenvalue weighted by atomic mass is 10.6. The summed E-state index contributed by atoms with van der Waals surface area (Å²) in [6.45, 7) is 4.62. The highest BCUT2D eigenvalue weighted by atomic mass is 16.5. The van der Waals surface area contributed by atoms with Gasteiger partial charge in [-0.15, -0.1) is 0 Å². The Morgan fingerprint density at radius 3 is 3.00 bits per heavy atom. The van der Waals surface area contributed by atoms with Crippen molar-refractivity contribution in [3.8, 4) is 5.88 Å². The van der Waals surface area contributed by atoms with Crippen molar-refractivity contribution < 1.29 is 9.26 Å². The molecule has 1 N–H and O–H groups in total. The predicted octanol–water partition coefficient (Wildman–Crippen LogP) is 1.18. The molecule has 0 unspecified atom stereocenters. The van der Waals surface area contributed by atoms with Gasteiger partial charge in [0.15, 0.2) is 5.82 Å². The molecule has 0 bridgehead atoms. The molecular formula is C10H13N5O2. The van der Waals surface area contributed by atoms with E-state index in [4.69, 9.17) is 9.26 Å². The van der Waals surface area contributed by atoms with Crippen LogP contribution in [0.15, 0.2) is 16.8 Å². The number of anilines is 1. The number of ether oxygens (including phenoxy) is 1. The quantitative estimate of drug-likeness (QED) is 0.832. The zero-order chi connectivity index (χ0) is 12.1. The second kappa shape index (κ2) is 5.24. The molecule has 17 heavy (non-hydrogen) atoms. The number of hydrogen-bond donors (Lipinski definition) is 1. The molecule has 2 aromatic heterocycles. The van der Waals surface area contributed by atoms with Crippen LogP contribution in [-0.2, 0) is 6.54 Å². The van der Waals surface area contributed by atoms with Crippen molar-refractivity contribution in [2.24, 2.45) is 0 Å². The van der Waals surface area contributed by atoms with Crippen molar-refractivity contribution in [1.29, 1.82) is 0 Å². The molecule has 0 atom stereocenters. The van der Waals surface area contributed by atoms with Crippen LogP contribution in [0, 0.1) is 6.92 Å². The summed E-state index contributed by atoms with van der Waals surface area (Å²) < 4.78 is 10.1. The van der Waals surface area contributed by atoms with Crippen molar-refractivity contribution in [1.82, 2.24) is 20.1 Å². The molecule has 7 nitrogen and oxygen atoms in total. The molecule has 0 spiro atoms. The zero-order valence-electron chi connectivity index (χ0n) is 9.67. The van der Waals surface area contributed by atoms with Crippen molar-refractivity contribution in [2.75, 3.05) is 11.9 Å². The van der Waals surface area contributed by atoms with Gasteiger partial charge in [-0.05, 0) is 6.92 Å². The number of nitrogens with one attached hydrogen (secondary N) is 1. The first kappa shape index (κ1) is 11.3. The largest absolute Gasteiger partial charge is 0.478 e. The van der Waals surface area contributed by atoms with Crippen LogP contribution in [0.4, 0.5) is 5.95 Å². The van der Waals surface area contributed by atoms with Crippen molar-refractivity contribution in [2.45, 2.75) is 20.4 Å². The van der Waals surface area contributed by atoms with Gasteiger partial charge >= 0.3 is 0 Å². The number of nitrogens with zero attached hydrogens (tertiary/aromatic N) is 4. The van der Waals surface area contributed by atoms with Gasteiger partial charge in [0.25, 0.3) is 0 Å². The molecule has 2 aromatic rings. The smallest absolute Gasteiger partial charge is 0.226 e. The molecule has 2 rings (SSSR count). The van der Waals surface area contributed by atoms with Crippen LogP contribution in [0.25, 0.3) is 0 Å². The highest BCUT2D eigenvalue weighted by molar-refractivity contribution is 5.27. The van der Waals surface area contributed by atoms with Crippen molar-refractivity contribution >= 4 is 5.95 Å². The number of rotatable bonds is 5. The summed E-state index contributed by atoms with van der Waals surface area (Å²) >= 11 is 0. The van der Waals surface area contributed by atoms with E-state index < -0.39 is 0 Å². The van der Waals surface area contributed by atoms with Crippen molar-refractivity contribution in [3.05, 3.63) is 24.0 Å². The Balaban J connectivity index is 1.96. The summed E-state index contributed by atoms with van der Waals surface area (Å²) in [7, 11) is 0. The molecule has 0 saturated heterocycles. The Bertz CT molecular complexity index is 485. The highest BCUT2D eigenvalue weighted by Gasteiger charge is 2.03. The van der Waals surface area contributed by atoms with Gasteiger partial charge in [-0.2, -0.15) is 9.97 Å². The number of aryl methyl sites for hydroxylation is 1. The maximum atomic E-state index is 5.26. The third kappa shape index (κ3) is 3.13. The molecule has 2 heterocycles. The third-order valence-electron chi connectivity index (χ3n) is 1.90. The van der Waals surface area contributed by atoms with E-state index in [1.807, 2.05) is 6.92 Å². The maximum Gasteiger partial charge on any atom is 0.226 e. The van der Waals surface area contributed by atoms with Crippen LogP contribution >= 0.6 is 0 Å². The molecule has 7 heteroatoms. The van der Waals surface area contributed by atoms with E-state index in [2.05, 4.69) is 25.4 Å². The summed E-state index contributed by atoms with van der Waals surface area (Å²) in [5.74, 6) is 2.10. The highest BCUT2D eigenvalue weighted by Crippen LogP contribution is 2.08. The van der Waals surface area contributed by atoms with Crippen molar-refractivity contribution in [3.63, 3.8) is 0 Å². The molecule has 0 amide bonds. The van der Waals surface area contributed by atoms with Gasteiger partial charge in [-0.1, -0.05) is 5.16 Å². The average Bonchev–Trinajstić information content (AvgIpc) is 2.74. The van der Waals surface area contributed by atoms with E-state index in [1.54, 1.807) is 19.2 Å². The predicted molar refractivity (Wildman–Crippen MR) is 59.6 cm³/mol. The summed E-state index contributed by atoms with van der Waals surface area (Å²) in [4.78, 5) is 12.3. The normalized spacial score (nSPS) is 10.2. The first-order valence-electron chi connectivity index (χ1n) is 5.27. The molecule has 0 aliphatic heterocycles. The SMILES string of the molecule is CCOc1ccnc(NCc2noc(C)n2)n1. The molecule has 0 aromatic carbocycles. The molecular weight excluding hydrogens is 222 g/mol. The topological polar surface area (TPSA) is 86.0 Å². The minimum absolute atomic E-state index is 0.410. The Labute approximate surface area is 98.2 Å². The third-order valence-corrected chi connectivity index (χ3v) is 1.90. The molecule has 0 saturated carbocycles. The van der Waals surface area contributed by atoms with E-state index in [9.17, 15) is 0 Å². The molecule has 0 aliphatic carbocycles. The fourth-order valence-electron chi connectivity index (χ4n) is 1.23. The number of aromatic nitrogens is 4. The summed E-state index contributed by atoms with van der Waals surface area (Å²) in [6.07, 6.45) is 1.63. The zero-order valence-corrected chi connectivity index (χ0v) is 9.67. The van der Waals surface area contributed by atoms with Crippen LogP contribution in [0.2, 0.25) is 0 Å². The summed E-state index contributed by atoms with van der Waals surface area (Å²) in [5.41, 5.74) is 0. The fourth-order valence-corrected chi connectivity index (χ4v) is 1.23. The summed E-state index contributed by atoms with van der Waals surface area (Å²) in [6, 6.07) is 1.70. The Hall–Kier alpha value is -2.18. The first-order valence-corrected chi connectivity index (χ1v) is 5.27. The molecule has 0 radical (unpaired) electrons. The van der Waals surface area contributed by atoms with Gasteiger partial charge < -0.3 is 14.6 Å². The van der Waals surface area contributed by atoms with E-state index in [-0.39, 0.29) is 0 Å². The Kier molecular flexibility index (Phi) is 3.49. The molecule has 90 valence electrons.